The largest absolute Gasteiger partial charge is 0.496 e. The molecular weight excluding hydrogens is 262 g/mol. The van der Waals surface area contributed by atoms with Gasteiger partial charge in [0.15, 0.2) is 6.29 Å². The molecule has 1 aromatic heterocycles. The van der Waals surface area contributed by atoms with Gasteiger partial charge >= 0.3 is 0 Å². The second-order valence-electron chi connectivity index (χ2n) is 4.93. The number of ether oxygens (including phenoxy) is 1. The molecule has 0 fully saturated rings. The highest BCUT2D eigenvalue weighted by Crippen LogP contribution is 2.28. The van der Waals surface area contributed by atoms with Gasteiger partial charge in [0.25, 0.3) is 0 Å². The zero-order chi connectivity index (χ0) is 14.8. The van der Waals surface area contributed by atoms with E-state index in [2.05, 4.69) is 17.1 Å². The zero-order valence-electron chi connectivity index (χ0n) is 12.0. The first-order valence-electron chi connectivity index (χ1n) is 6.72. The normalized spacial score (nSPS) is 10.6. The lowest BCUT2D eigenvalue weighted by molar-refractivity contribution is 0.112. The predicted octanol–water partition coefficient (Wildman–Crippen LogP) is 4.03. The van der Waals surface area contributed by atoms with Crippen molar-refractivity contribution in [3.05, 3.63) is 59.8 Å². The summed E-state index contributed by atoms with van der Waals surface area (Å²) < 4.78 is 5.17. The van der Waals surface area contributed by atoms with E-state index >= 15 is 0 Å². The summed E-state index contributed by atoms with van der Waals surface area (Å²) >= 11 is 0. The predicted molar refractivity (Wildman–Crippen MR) is 83.9 cm³/mol. The van der Waals surface area contributed by atoms with Crippen LogP contribution in [0.15, 0.2) is 48.5 Å². The van der Waals surface area contributed by atoms with E-state index in [-0.39, 0.29) is 0 Å². The molecule has 0 aliphatic carbocycles. The van der Waals surface area contributed by atoms with Crippen LogP contribution in [0.2, 0.25) is 0 Å². The van der Waals surface area contributed by atoms with Gasteiger partial charge in [-0.15, -0.1) is 0 Å². The average molecular weight is 277 g/mol. The molecule has 0 aliphatic heterocycles. The van der Waals surface area contributed by atoms with Crippen molar-refractivity contribution in [3.63, 3.8) is 0 Å². The summed E-state index contributed by atoms with van der Waals surface area (Å²) in [5.74, 6) is 0.590. The molecule has 0 bridgehead atoms. The van der Waals surface area contributed by atoms with Gasteiger partial charge in [-0.2, -0.15) is 0 Å². The van der Waals surface area contributed by atoms with Gasteiger partial charge < -0.3 is 4.74 Å². The molecule has 3 nitrogen and oxygen atoms in total. The molecule has 0 radical (unpaired) electrons. The summed E-state index contributed by atoms with van der Waals surface area (Å²) in [5, 5.41) is 1.08. The number of aldehydes is 1. The highest BCUT2D eigenvalue weighted by molar-refractivity contribution is 5.87. The number of carbonyl (C=O) groups excluding carboxylic acids is 1. The third kappa shape index (κ3) is 2.50. The van der Waals surface area contributed by atoms with Gasteiger partial charge in [0.2, 0.25) is 0 Å². The fourth-order valence-corrected chi connectivity index (χ4v) is 2.41. The lowest BCUT2D eigenvalue weighted by atomic mass is 10.0. The number of aryl methyl sites for hydroxylation is 1. The maximum absolute atomic E-state index is 11.1. The number of fused-ring (bicyclic) bond motifs is 1. The van der Waals surface area contributed by atoms with Crippen molar-refractivity contribution in [2.75, 3.05) is 7.11 Å². The molecule has 104 valence electrons. The minimum absolute atomic E-state index is 0.553. The van der Waals surface area contributed by atoms with Crippen molar-refractivity contribution in [1.29, 1.82) is 0 Å². The molecular formula is C18H15NO2. The van der Waals surface area contributed by atoms with E-state index in [1.165, 1.54) is 0 Å². The SMILES string of the molecule is COc1ccc(-c2ccc3nc(C)ccc3c2)cc1C=O. The molecule has 3 rings (SSSR count). The first-order chi connectivity index (χ1) is 10.2. The number of pyridine rings is 1. The van der Waals surface area contributed by atoms with Crippen molar-refractivity contribution in [2.45, 2.75) is 6.92 Å². The number of carbonyl (C=O) groups is 1. The van der Waals surface area contributed by atoms with Crippen molar-refractivity contribution in [2.24, 2.45) is 0 Å². The number of hydrogen-bond donors (Lipinski definition) is 0. The van der Waals surface area contributed by atoms with Crippen LogP contribution in [0.5, 0.6) is 5.75 Å². The van der Waals surface area contributed by atoms with Crippen LogP contribution in [0.25, 0.3) is 22.0 Å². The van der Waals surface area contributed by atoms with Crippen LogP contribution in [0.3, 0.4) is 0 Å². The summed E-state index contributed by atoms with van der Waals surface area (Å²) in [5.41, 5.74) is 4.57. The molecule has 0 saturated carbocycles. The topological polar surface area (TPSA) is 39.2 Å². The van der Waals surface area contributed by atoms with E-state index in [0.717, 1.165) is 34.0 Å². The summed E-state index contributed by atoms with van der Waals surface area (Å²) in [6.45, 7) is 1.98. The lowest BCUT2D eigenvalue weighted by Crippen LogP contribution is -1.91. The Kier molecular flexibility index (Phi) is 3.40. The first kappa shape index (κ1) is 13.3. The highest BCUT2D eigenvalue weighted by atomic mass is 16.5. The number of hydrogen-bond acceptors (Lipinski definition) is 3. The van der Waals surface area contributed by atoms with Crippen LogP contribution >= 0.6 is 0 Å². The Morgan fingerprint density at radius 3 is 2.52 bits per heavy atom. The zero-order valence-corrected chi connectivity index (χ0v) is 12.0. The minimum atomic E-state index is 0.553. The highest BCUT2D eigenvalue weighted by Gasteiger charge is 2.06. The van der Waals surface area contributed by atoms with Crippen molar-refractivity contribution >= 4 is 17.2 Å². The maximum atomic E-state index is 11.1. The second-order valence-corrected chi connectivity index (χ2v) is 4.93. The van der Waals surface area contributed by atoms with Gasteiger partial charge in [0.05, 0.1) is 18.2 Å². The standard InChI is InChI=1S/C18H15NO2/c1-12-3-4-15-9-13(5-7-17(15)19-12)14-6-8-18(21-2)16(10-14)11-20/h3-11H,1-2H3. The van der Waals surface area contributed by atoms with Gasteiger partial charge in [0.1, 0.15) is 5.75 Å². The number of benzene rings is 2. The monoisotopic (exact) mass is 277 g/mol. The number of rotatable bonds is 3. The summed E-state index contributed by atoms with van der Waals surface area (Å²) in [6, 6.07) is 15.8. The molecule has 2 aromatic carbocycles. The second kappa shape index (κ2) is 5.37. The molecule has 0 atom stereocenters. The molecule has 0 saturated heterocycles. The Morgan fingerprint density at radius 1 is 1.00 bits per heavy atom. The molecule has 1 heterocycles. The van der Waals surface area contributed by atoms with Gasteiger partial charge in [-0.3, -0.25) is 9.78 Å². The number of aromatic nitrogens is 1. The van der Waals surface area contributed by atoms with Gasteiger partial charge in [-0.1, -0.05) is 18.2 Å². The Labute approximate surface area is 123 Å². The van der Waals surface area contributed by atoms with Crippen LogP contribution < -0.4 is 4.74 Å². The Balaban J connectivity index is 2.11. The van der Waals surface area contributed by atoms with Gasteiger partial charge in [-0.05, 0) is 48.4 Å². The summed E-state index contributed by atoms with van der Waals surface area (Å²) in [6.07, 6.45) is 0.814. The molecule has 3 heteroatoms. The van der Waals surface area contributed by atoms with Gasteiger partial charge in [-0.25, -0.2) is 0 Å². The van der Waals surface area contributed by atoms with E-state index in [0.29, 0.717) is 11.3 Å². The molecule has 0 amide bonds. The minimum Gasteiger partial charge on any atom is -0.496 e. The van der Waals surface area contributed by atoms with Crippen LogP contribution in [0, 0.1) is 6.92 Å². The van der Waals surface area contributed by atoms with Crippen LogP contribution in [-0.4, -0.2) is 18.4 Å². The average Bonchev–Trinajstić information content (AvgIpc) is 2.53. The molecule has 0 spiro atoms. The smallest absolute Gasteiger partial charge is 0.153 e. The fourth-order valence-electron chi connectivity index (χ4n) is 2.41. The van der Waals surface area contributed by atoms with E-state index in [9.17, 15) is 4.79 Å². The summed E-state index contributed by atoms with van der Waals surface area (Å²) in [7, 11) is 1.56. The van der Waals surface area contributed by atoms with Crippen molar-refractivity contribution in [1.82, 2.24) is 4.98 Å². The van der Waals surface area contributed by atoms with Crippen LogP contribution in [0.4, 0.5) is 0 Å². The van der Waals surface area contributed by atoms with E-state index in [1.807, 2.05) is 43.3 Å². The fraction of sp³-hybridized carbons (Fsp3) is 0.111. The number of methoxy groups -OCH3 is 1. The van der Waals surface area contributed by atoms with E-state index in [4.69, 9.17) is 4.74 Å². The van der Waals surface area contributed by atoms with Crippen LogP contribution in [-0.2, 0) is 0 Å². The molecule has 0 aliphatic rings. The first-order valence-corrected chi connectivity index (χ1v) is 6.72. The third-order valence-corrected chi connectivity index (χ3v) is 3.52. The molecule has 0 N–H and O–H groups in total. The van der Waals surface area contributed by atoms with Gasteiger partial charge in [0, 0.05) is 11.1 Å². The lowest BCUT2D eigenvalue weighted by Gasteiger charge is -2.08. The number of nitrogens with zero attached hydrogens (tertiary/aromatic N) is 1. The quantitative estimate of drug-likeness (QED) is 0.678. The molecule has 21 heavy (non-hydrogen) atoms. The summed E-state index contributed by atoms with van der Waals surface area (Å²) in [4.78, 5) is 15.6. The van der Waals surface area contributed by atoms with Crippen molar-refractivity contribution < 1.29 is 9.53 Å². The third-order valence-electron chi connectivity index (χ3n) is 3.52. The molecule has 0 unspecified atom stereocenters. The van der Waals surface area contributed by atoms with E-state index < -0.39 is 0 Å². The van der Waals surface area contributed by atoms with Crippen molar-refractivity contribution in [3.8, 4) is 16.9 Å². The Bertz CT molecular complexity index is 825. The van der Waals surface area contributed by atoms with E-state index in [1.54, 1.807) is 7.11 Å². The Hall–Kier alpha value is -2.68. The molecule has 3 aromatic rings. The maximum Gasteiger partial charge on any atom is 0.153 e. The Morgan fingerprint density at radius 2 is 1.76 bits per heavy atom. The van der Waals surface area contributed by atoms with Crippen LogP contribution in [0.1, 0.15) is 16.1 Å².